The van der Waals surface area contributed by atoms with E-state index >= 15 is 0 Å². The van der Waals surface area contributed by atoms with Crippen molar-refractivity contribution in [2.75, 3.05) is 18.5 Å². The fourth-order valence-electron chi connectivity index (χ4n) is 2.53. The van der Waals surface area contributed by atoms with Gasteiger partial charge in [0.05, 0.1) is 24.0 Å². The van der Waals surface area contributed by atoms with E-state index in [1.54, 1.807) is 31.2 Å². The van der Waals surface area contributed by atoms with E-state index in [-0.39, 0.29) is 24.0 Å². The maximum Gasteiger partial charge on any atom is 0.253 e. The number of rotatable bonds is 8. The van der Waals surface area contributed by atoms with Crippen LogP contribution in [0.25, 0.3) is 0 Å². The highest BCUT2D eigenvalue weighted by Gasteiger charge is 2.21. The summed E-state index contributed by atoms with van der Waals surface area (Å²) < 4.78 is 11.1. The van der Waals surface area contributed by atoms with Gasteiger partial charge >= 0.3 is 0 Å². The van der Waals surface area contributed by atoms with Crippen molar-refractivity contribution >= 4 is 17.5 Å². The van der Waals surface area contributed by atoms with Crippen LogP contribution in [0.1, 0.15) is 50.4 Å². The van der Waals surface area contributed by atoms with Gasteiger partial charge in [0.15, 0.2) is 0 Å². The first-order valence-electron chi connectivity index (χ1n) is 8.95. The molecule has 0 saturated carbocycles. The predicted molar refractivity (Wildman–Crippen MR) is 96.7 cm³/mol. The Hall–Kier alpha value is -1.92. The lowest BCUT2D eigenvalue weighted by Gasteiger charge is -2.18. The Balaban J connectivity index is 1.94. The molecular weight excluding hydrogens is 320 g/mol. The van der Waals surface area contributed by atoms with Crippen LogP contribution in [0.5, 0.6) is 0 Å². The van der Waals surface area contributed by atoms with E-state index in [4.69, 9.17) is 9.47 Å². The molecule has 6 heteroatoms. The monoisotopic (exact) mass is 348 g/mol. The van der Waals surface area contributed by atoms with Crippen LogP contribution in [0.15, 0.2) is 24.3 Å². The third-order valence-electron chi connectivity index (χ3n) is 4.34. The molecule has 6 nitrogen and oxygen atoms in total. The van der Waals surface area contributed by atoms with Crippen LogP contribution in [-0.2, 0) is 14.3 Å². The molecule has 138 valence electrons. The van der Waals surface area contributed by atoms with Gasteiger partial charge < -0.3 is 20.1 Å². The molecule has 0 unspecified atom stereocenters. The van der Waals surface area contributed by atoms with Gasteiger partial charge in [-0.25, -0.2) is 0 Å². The molecule has 3 atom stereocenters. The minimum Gasteiger partial charge on any atom is -0.376 e. The summed E-state index contributed by atoms with van der Waals surface area (Å²) in [5.74, 6) is -0.472. The topological polar surface area (TPSA) is 76.7 Å². The first-order chi connectivity index (χ1) is 12.0. The molecule has 1 heterocycles. The Morgan fingerprint density at radius 1 is 1.32 bits per heavy atom. The number of nitrogens with one attached hydrogen (secondary N) is 2. The largest absolute Gasteiger partial charge is 0.376 e. The average molecular weight is 348 g/mol. The van der Waals surface area contributed by atoms with Crippen LogP contribution in [-0.4, -0.2) is 43.3 Å². The highest BCUT2D eigenvalue weighted by molar-refractivity contribution is 6.04. The minimum absolute atomic E-state index is 0.0730. The number of ether oxygens (including phenoxy) is 2. The fourth-order valence-corrected chi connectivity index (χ4v) is 2.53. The summed E-state index contributed by atoms with van der Waals surface area (Å²) in [6.45, 7) is 6.82. The number of carbonyl (C=O) groups is 2. The molecule has 0 spiro atoms. The Kier molecular flexibility index (Phi) is 7.40. The van der Waals surface area contributed by atoms with Gasteiger partial charge in [-0.1, -0.05) is 19.1 Å². The Labute approximate surface area is 149 Å². The lowest BCUT2D eigenvalue weighted by Crippen LogP contribution is -2.34. The number of hydrogen-bond acceptors (Lipinski definition) is 4. The highest BCUT2D eigenvalue weighted by Crippen LogP contribution is 2.17. The van der Waals surface area contributed by atoms with Gasteiger partial charge in [-0.2, -0.15) is 0 Å². The molecule has 1 saturated heterocycles. The molecule has 0 aromatic heterocycles. The summed E-state index contributed by atoms with van der Waals surface area (Å²) >= 11 is 0. The molecule has 0 radical (unpaired) electrons. The van der Waals surface area contributed by atoms with Gasteiger partial charge in [0.1, 0.15) is 6.10 Å². The Morgan fingerprint density at radius 3 is 2.76 bits per heavy atom. The quantitative estimate of drug-likeness (QED) is 0.757. The third-order valence-corrected chi connectivity index (χ3v) is 4.34. The SMILES string of the molecule is CC[C@H](C)NC(=O)c1ccccc1NC(=O)[C@@H](C)OC[C@@H]1CCCO1. The highest BCUT2D eigenvalue weighted by atomic mass is 16.5. The van der Waals surface area contributed by atoms with E-state index in [0.29, 0.717) is 17.9 Å². The molecule has 2 rings (SSSR count). The first-order valence-corrected chi connectivity index (χ1v) is 8.95. The van der Waals surface area contributed by atoms with Crippen molar-refractivity contribution in [3.8, 4) is 0 Å². The van der Waals surface area contributed by atoms with Crippen molar-refractivity contribution in [2.24, 2.45) is 0 Å². The van der Waals surface area contributed by atoms with Gasteiger partial charge in [0.25, 0.3) is 11.8 Å². The maximum absolute atomic E-state index is 12.4. The Morgan fingerprint density at radius 2 is 2.08 bits per heavy atom. The van der Waals surface area contributed by atoms with Crippen molar-refractivity contribution in [3.05, 3.63) is 29.8 Å². The third kappa shape index (κ3) is 5.83. The number of benzene rings is 1. The van der Waals surface area contributed by atoms with Crippen molar-refractivity contribution in [1.29, 1.82) is 0 Å². The molecule has 2 amide bonds. The number of anilines is 1. The van der Waals surface area contributed by atoms with Crippen molar-refractivity contribution in [2.45, 2.75) is 58.3 Å². The summed E-state index contributed by atoms with van der Waals surface area (Å²) in [6.07, 6.45) is 2.30. The molecule has 0 aliphatic carbocycles. The van der Waals surface area contributed by atoms with Crippen molar-refractivity contribution < 1.29 is 19.1 Å². The van der Waals surface area contributed by atoms with Gasteiger partial charge in [0.2, 0.25) is 0 Å². The smallest absolute Gasteiger partial charge is 0.253 e. The van der Waals surface area contributed by atoms with Crippen LogP contribution in [0.3, 0.4) is 0 Å². The molecule has 25 heavy (non-hydrogen) atoms. The summed E-state index contributed by atoms with van der Waals surface area (Å²) in [7, 11) is 0. The number of carbonyl (C=O) groups excluding carboxylic acids is 2. The minimum atomic E-state index is -0.616. The summed E-state index contributed by atoms with van der Waals surface area (Å²) in [5, 5.41) is 5.71. The molecular formula is C19H28N2O4. The van der Waals surface area contributed by atoms with E-state index in [1.807, 2.05) is 13.8 Å². The molecule has 2 N–H and O–H groups in total. The number of para-hydroxylation sites is 1. The van der Waals surface area contributed by atoms with Crippen LogP contribution in [0, 0.1) is 0 Å². The van der Waals surface area contributed by atoms with E-state index < -0.39 is 6.10 Å². The van der Waals surface area contributed by atoms with Crippen molar-refractivity contribution in [3.63, 3.8) is 0 Å². The average Bonchev–Trinajstić information content (AvgIpc) is 3.13. The first kappa shape index (κ1) is 19.4. The number of hydrogen-bond donors (Lipinski definition) is 2. The molecule has 1 aromatic carbocycles. The van der Waals surface area contributed by atoms with Gasteiger partial charge in [-0.15, -0.1) is 0 Å². The van der Waals surface area contributed by atoms with Crippen LogP contribution in [0.4, 0.5) is 5.69 Å². The normalized spacial score (nSPS) is 19.2. The van der Waals surface area contributed by atoms with Crippen LogP contribution >= 0.6 is 0 Å². The Bertz CT molecular complexity index is 585. The zero-order valence-corrected chi connectivity index (χ0v) is 15.2. The second-order valence-corrected chi connectivity index (χ2v) is 6.43. The zero-order chi connectivity index (χ0) is 18.2. The van der Waals surface area contributed by atoms with Gasteiger partial charge in [0, 0.05) is 12.6 Å². The molecule has 0 bridgehead atoms. The van der Waals surface area contributed by atoms with E-state index in [0.717, 1.165) is 25.9 Å². The van der Waals surface area contributed by atoms with E-state index in [9.17, 15) is 9.59 Å². The predicted octanol–water partition coefficient (Wildman–Crippen LogP) is 2.74. The molecule has 1 fully saturated rings. The summed E-state index contributed by atoms with van der Waals surface area (Å²) in [5.41, 5.74) is 0.934. The summed E-state index contributed by atoms with van der Waals surface area (Å²) in [4.78, 5) is 24.7. The zero-order valence-electron chi connectivity index (χ0n) is 15.2. The van der Waals surface area contributed by atoms with Crippen molar-refractivity contribution in [1.82, 2.24) is 5.32 Å². The second kappa shape index (κ2) is 9.53. The maximum atomic E-state index is 12.4. The van der Waals surface area contributed by atoms with E-state index in [2.05, 4.69) is 10.6 Å². The standard InChI is InChI=1S/C19H28N2O4/c1-4-13(2)20-19(23)16-9-5-6-10-17(16)21-18(22)14(3)25-12-15-8-7-11-24-15/h5-6,9-10,13-15H,4,7-8,11-12H2,1-3H3,(H,20,23)(H,21,22)/t13-,14+,15-/m0/s1. The second-order valence-electron chi connectivity index (χ2n) is 6.43. The molecule has 1 aromatic rings. The fraction of sp³-hybridized carbons (Fsp3) is 0.579. The summed E-state index contributed by atoms with van der Waals surface area (Å²) in [6, 6.07) is 7.05. The van der Waals surface area contributed by atoms with Crippen LogP contribution < -0.4 is 10.6 Å². The lowest BCUT2D eigenvalue weighted by molar-refractivity contribution is -0.128. The van der Waals surface area contributed by atoms with Gasteiger partial charge in [-0.3, -0.25) is 9.59 Å². The number of amides is 2. The van der Waals surface area contributed by atoms with E-state index in [1.165, 1.54) is 0 Å². The lowest BCUT2D eigenvalue weighted by atomic mass is 10.1. The van der Waals surface area contributed by atoms with Gasteiger partial charge in [-0.05, 0) is 45.2 Å². The molecule has 1 aliphatic heterocycles. The van der Waals surface area contributed by atoms with Crippen LogP contribution in [0.2, 0.25) is 0 Å². The molecule has 1 aliphatic rings.